The number of nitrogens with zero attached hydrogens (tertiary/aromatic N) is 2. The Kier molecular flexibility index (Phi) is 4.18. The molecule has 2 saturated heterocycles. The van der Waals surface area contributed by atoms with Crippen LogP contribution in [-0.4, -0.2) is 59.6 Å². The van der Waals surface area contributed by atoms with Crippen molar-refractivity contribution >= 4 is 5.97 Å². The van der Waals surface area contributed by atoms with Crippen LogP contribution in [0, 0.1) is 0 Å². The normalized spacial score (nSPS) is 27.8. The molecule has 0 radical (unpaired) electrons. The van der Waals surface area contributed by atoms with Crippen molar-refractivity contribution in [1.82, 2.24) is 9.80 Å². The summed E-state index contributed by atoms with van der Waals surface area (Å²) in [6, 6.07) is 0.704. The SMILES string of the molecule is CC(=CC(=O)O)CN1CCN2CCCCC2C1. The predicted octanol–water partition coefficient (Wildman–Crippen LogP) is 1.19. The maximum Gasteiger partial charge on any atom is 0.328 e. The second kappa shape index (κ2) is 5.65. The van der Waals surface area contributed by atoms with E-state index in [9.17, 15) is 4.79 Å². The Morgan fingerprint density at radius 1 is 1.35 bits per heavy atom. The Morgan fingerprint density at radius 3 is 2.94 bits per heavy atom. The standard InChI is InChI=1S/C13H22N2O2/c1-11(8-13(16)17)9-14-6-7-15-5-3-2-4-12(15)10-14/h8,12H,2-7,9-10H2,1H3,(H,16,17). The minimum absolute atomic E-state index is 0.704. The van der Waals surface area contributed by atoms with Gasteiger partial charge in [-0.25, -0.2) is 4.79 Å². The molecule has 0 bridgehead atoms. The van der Waals surface area contributed by atoms with Crippen LogP contribution in [0.15, 0.2) is 11.6 Å². The molecular formula is C13H22N2O2. The minimum Gasteiger partial charge on any atom is -0.478 e. The van der Waals surface area contributed by atoms with Gasteiger partial charge in [0.25, 0.3) is 0 Å². The lowest BCUT2D eigenvalue weighted by Gasteiger charge is -2.44. The van der Waals surface area contributed by atoms with Gasteiger partial charge < -0.3 is 5.11 Å². The summed E-state index contributed by atoms with van der Waals surface area (Å²) in [5.74, 6) is -0.834. The maximum absolute atomic E-state index is 10.6. The maximum atomic E-state index is 10.6. The number of piperazine rings is 1. The molecule has 2 heterocycles. The van der Waals surface area contributed by atoms with Gasteiger partial charge in [0, 0.05) is 38.3 Å². The van der Waals surface area contributed by atoms with E-state index >= 15 is 0 Å². The molecule has 2 aliphatic rings. The van der Waals surface area contributed by atoms with E-state index in [4.69, 9.17) is 5.11 Å². The molecule has 0 saturated carbocycles. The van der Waals surface area contributed by atoms with Crippen molar-refractivity contribution in [3.05, 3.63) is 11.6 Å². The molecule has 1 unspecified atom stereocenters. The van der Waals surface area contributed by atoms with Crippen molar-refractivity contribution in [3.8, 4) is 0 Å². The number of rotatable bonds is 3. The number of aliphatic carboxylic acids is 1. The second-order valence-corrected chi connectivity index (χ2v) is 5.25. The molecule has 2 rings (SSSR count). The van der Waals surface area contributed by atoms with Gasteiger partial charge in [0.05, 0.1) is 0 Å². The monoisotopic (exact) mass is 238 g/mol. The molecule has 4 nitrogen and oxygen atoms in total. The van der Waals surface area contributed by atoms with Crippen LogP contribution < -0.4 is 0 Å². The van der Waals surface area contributed by atoms with Crippen LogP contribution in [0.3, 0.4) is 0 Å². The van der Waals surface area contributed by atoms with Crippen molar-refractivity contribution in [1.29, 1.82) is 0 Å². The first kappa shape index (κ1) is 12.6. The van der Waals surface area contributed by atoms with Gasteiger partial charge in [-0.1, -0.05) is 12.0 Å². The number of hydrogen-bond donors (Lipinski definition) is 1. The average Bonchev–Trinajstić information content (AvgIpc) is 2.27. The number of carboxylic acids is 1. The van der Waals surface area contributed by atoms with Crippen molar-refractivity contribution in [2.75, 3.05) is 32.7 Å². The molecule has 1 atom stereocenters. The molecule has 0 aromatic rings. The number of hydrogen-bond acceptors (Lipinski definition) is 3. The van der Waals surface area contributed by atoms with E-state index in [2.05, 4.69) is 9.80 Å². The number of carbonyl (C=O) groups is 1. The van der Waals surface area contributed by atoms with Gasteiger partial charge in [-0.15, -0.1) is 0 Å². The first-order valence-corrected chi connectivity index (χ1v) is 6.51. The van der Waals surface area contributed by atoms with Crippen molar-refractivity contribution < 1.29 is 9.90 Å². The van der Waals surface area contributed by atoms with Crippen LogP contribution in [0.5, 0.6) is 0 Å². The molecule has 4 heteroatoms. The summed E-state index contributed by atoms with van der Waals surface area (Å²) in [6.45, 7) is 7.28. The molecule has 0 spiro atoms. The molecule has 1 N–H and O–H groups in total. The van der Waals surface area contributed by atoms with Gasteiger partial charge in [-0.05, 0) is 26.3 Å². The lowest BCUT2D eigenvalue weighted by atomic mass is 9.99. The van der Waals surface area contributed by atoms with Crippen LogP contribution in [0.25, 0.3) is 0 Å². The summed E-state index contributed by atoms with van der Waals surface area (Å²) in [5, 5.41) is 8.70. The summed E-state index contributed by atoms with van der Waals surface area (Å²) in [4.78, 5) is 15.6. The van der Waals surface area contributed by atoms with Crippen LogP contribution in [0.1, 0.15) is 26.2 Å². The highest BCUT2D eigenvalue weighted by atomic mass is 16.4. The Hall–Kier alpha value is -0.870. The minimum atomic E-state index is -0.834. The van der Waals surface area contributed by atoms with Crippen molar-refractivity contribution in [3.63, 3.8) is 0 Å². The molecule has 0 aromatic heterocycles. The molecule has 0 aromatic carbocycles. The predicted molar refractivity (Wildman–Crippen MR) is 67.0 cm³/mol. The molecule has 2 fully saturated rings. The average molecular weight is 238 g/mol. The lowest BCUT2D eigenvalue weighted by molar-refractivity contribution is -0.131. The molecule has 17 heavy (non-hydrogen) atoms. The Bertz CT molecular complexity index is 315. The summed E-state index contributed by atoms with van der Waals surface area (Å²) < 4.78 is 0. The number of fused-ring (bicyclic) bond motifs is 1. The third kappa shape index (κ3) is 3.54. The van der Waals surface area contributed by atoms with E-state index < -0.39 is 5.97 Å². The number of piperidine rings is 1. The van der Waals surface area contributed by atoms with Crippen molar-refractivity contribution in [2.45, 2.75) is 32.2 Å². The largest absolute Gasteiger partial charge is 0.478 e. The van der Waals surface area contributed by atoms with Crippen LogP contribution in [0.2, 0.25) is 0 Å². The Balaban J connectivity index is 1.85. The zero-order valence-corrected chi connectivity index (χ0v) is 10.6. The highest BCUT2D eigenvalue weighted by molar-refractivity contribution is 5.80. The second-order valence-electron chi connectivity index (χ2n) is 5.25. The molecule has 0 amide bonds. The van der Waals surface area contributed by atoms with Gasteiger partial charge >= 0.3 is 5.97 Å². The smallest absolute Gasteiger partial charge is 0.328 e. The number of carboxylic acid groups (broad SMARTS) is 1. The Labute approximate surface area is 103 Å². The summed E-state index contributed by atoms with van der Waals surface area (Å²) in [7, 11) is 0. The van der Waals surface area contributed by atoms with Gasteiger partial charge in [0.1, 0.15) is 0 Å². The highest BCUT2D eigenvalue weighted by Gasteiger charge is 2.28. The first-order chi connectivity index (χ1) is 8.15. The highest BCUT2D eigenvalue weighted by Crippen LogP contribution is 2.21. The zero-order valence-electron chi connectivity index (χ0n) is 10.6. The summed E-state index contributed by atoms with van der Waals surface area (Å²) >= 11 is 0. The zero-order chi connectivity index (χ0) is 12.3. The molecule has 2 aliphatic heterocycles. The van der Waals surface area contributed by atoms with E-state index in [-0.39, 0.29) is 0 Å². The van der Waals surface area contributed by atoms with Gasteiger partial charge in [-0.3, -0.25) is 9.80 Å². The molecular weight excluding hydrogens is 216 g/mol. The fourth-order valence-corrected chi connectivity index (χ4v) is 2.97. The van der Waals surface area contributed by atoms with Crippen LogP contribution in [0.4, 0.5) is 0 Å². The summed E-state index contributed by atoms with van der Waals surface area (Å²) in [5.41, 5.74) is 0.946. The lowest BCUT2D eigenvalue weighted by Crippen LogP contribution is -2.54. The summed E-state index contributed by atoms with van der Waals surface area (Å²) in [6.07, 6.45) is 5.32. The van der Waals surface area contributed by atoms with Crippen molar-refractivity contribution in [2.24, 2.45) is 0 Å². The van der Waals surface area contributed by atoms with Crippen LogP contribution in [-0.2, 0) is 4.79 Å². The Morgan fingerprint density at radius 2 is 2.18 bits per heavy atom. The fraction of sp³-hybridized carbons (Fsp3) is 0.769. The fourth-order valence-electron chi connectivity index (χ4n) is 2.97. The van der Waals surface area contributed by atoms with Gasteiger partial charge in [-0.2, -0.15) is 0 Å². The van der Waals surface area contributed by atoms with Gasteiger partial charge in [0.2, 0.25) is 0 Å². The first-order valence-electron chi connectivity index (χ1n) is 6.51. The third-order valence-corrected chi connectivity index (χ3v) is 3.76. The van der Waals surface area contributed by atoms with E-state index in [0.29, 0.717) is 6.04 Å². The third-order valence-electron chi connectivity index (χ3n) is 3.76. The van der Waals surface area contributed by atoms with E-state index in [1.165, 1.54) is 31.9 Å². The topological polar surface area (TPSA) is 43.8 Å². The van der Waals surface area contributed by atoms with Gasteiger partial charge in [0.15, 0.2) is 0 Å². The van der Waals surface area contributed by atoms with E-state index in [1.54, 1.807) is 0 Å². The molecule has 0 aliphatic carbocycles. The van der Waals surface area contributed by atoms with E-state index in [1.807, 2.05) is 6.92 Å². The van der Waals surface area contributed by atoms with E-state index in [0.717, 1.165) is 31.8 Å². The van der Waals surface area contributed by atoms with Crippen LogP contribution >= 0.6 is 0 Å². The molecule has 96 valence electrons. The quantitative estimate of drug-likeness (QED) is 0.750.